The zero-order valence-corrected chi connectivity index (χ0v) is 13.7. The Morgan fingerprint density at radius 1 is 1.00 bits per heavy atom. The molecule has 0 radical (unpaired) electrons. The van der Waals surface area contributed by atoms with Crippen LogP contribution in [-0.4, -0.2) is 53.8 Å². The average molecular weight is 343 g/mol. The molecule has 2 bridgehead atoms. The number of nitrogens with zero attached hydrogens (tertiary/aromatic N) is 2. The van der Waals surface area contributed by atoms with Gasteiger partial charge in [0, 0.05) is 38.1 Å². The van der Waals surface area contributed by atoms with Crippen molar-refractivity contribution in [1.82, 2.24) is 9.80 Å². The molecule has 0 aromatic carbocycles. The Labute approximate surface area is 144 Å². The summed E-state index contributed by atoms with van der Waals surface area (Å²) in [4.78, 5) is 40.0. The molecule has 0 spiro atoms. The van der Waals surface area contributed by atoms with Gasteiger partial charge in [0.05, 0.1) is 12.2 Å². The van der Waals surface area contributed by atoms with Crippen LogP contribution in [0, 0.1) is 23.7 Å². The van der Waals surface area contributed by atoms with Crippen LogP contribution in [-0.2, 0) is 9.59 Å². The highest BCUT2D eigenvalue weighted by atomic mass is 16.4. The number of allylic oxidation sites excluding steroid dienone is 2. The van der Waals surface area contributed by atoms with Crippen LogP contribution >= 0.6 is 0 Å². The van der Waals surface area contributed by atoms with Crippen LogP contribution in [0.2, 0.25) is 0 Å². The molecule has 0 N–H and O–H groups in total. The summed E-state index contributed by atoms with van der Waals surface area (Å²) in [5, 5.41) is 11.5. The highest BCUT2D eigenvalue weighted by Crippen LogP contribution is 2.48. The van der Waals surface area contributed by atoms with Crippen molar-refractivity contribution in [3.63, 3.8) is 0 Å². The number of carboxylic acids is 1. The number of rotatable bonds is 3. The monoisotopic (exact) mass is 343 g/mol. The molecule has 1 saturated heterocycles. The highest BCUT2D eigenvalue weighted by molar-refractivity contribution is 5.92. The van der Waals surface area contributed by atoms with Gasteiger partial charge in [0.25, 0.3) is 5.91 Å². The van der Waals surface area contributed by atoms with Crippen molar-refractivity contribution < 1.29 is 23.9 Å². The van der Waals surface area contributed by atoms with Crippen LogP contribution in [0.15, 0.2) is 35.0 Å². The molecule has 1 saturated carbocycles. The molecule has 2 heterocycles. The van der Waals surface area contributed by atoms with Crippen LogP contribution in [0.1, 0.15) is 17.0 Å². The first-order valence-corrected chi connectivity index (χ1v) is 8.57. The minimum Gasteiger partial charge on any atom is -0.550 e. The van der Waals surface area contributed by atoms with Gasteiger partial charge in [-0.2, -0.15) is 0 Å². The lowest BCUT2D eigenvalue weighted by Gasteiger charge is -2.38. The summed E-state index contributed by atoms with van der Waals surface area (Å²) in [6, 6.07) is 3.28. The van der Waals surface area contributed by atoms with Gasteiger partial charge in [0.15, 0.2) is 5.76 Å². The van der Waals surface area contributed by atoms with Crippen LogP contribution in [0.25, 0.3) is 0 Å². The molecule has 2 fully saturated rings. The molecule has 25 heavy (non-hydrogen) atoms. The quantitative estimate of drug-likeness (QED) is 0.706. The summed E-state index contributed by atoms with van der Waals surface area (Å²) in [6.45, 7) is 1.64. The zero-order valence-electron chi connectivity index (χ0n) is 13.7. The fourth-order valence-corrected chi connectivity index (χ4v) is 4.38. The van der Waals surface area contributed by atoms with Gasteiger partial charge in [-0.3, -0.25) is 9.59 Å². The second-order valence-corrected chi connectivity index (χ2v) is 6.91. The Kier molecular flexibility index (Phi) is 3.86. The summed E-state index contributed by atoms with van der Waals surface area (Å²) in [5.74, 6) is -2.54. The maximum Gasteiger partial charge on any atom is 0.289 e. The van der Waals surface area contributed by atoms with E-state index >= 15 is 0 Å². The summed E-state index contributed by atoms with van der Waals surface area (Å²) in [7, 11) is 0. The molecule has 1 aliphatic heterocycles. The molecule has 3 aliphatic rings. The number of carbonyl (C=O) groups is 3. The van der Waals surface area contributed by atoms with Crippen molar-refractivity contribution in [3.05, 3.63) is 36.3 Å². The third kappa shape index (κ3) is 2.63. The number of fused-ring (bicyclic) bond motifs is 2. The Hall–Kier alpha value is -2.57. The van der Waals surface area contributed by atoms with Crippen LogP contribution < -0.4 is 5.11 Å². The van der Waals surface area contributed by atoms with Gasteiger partial charge in [-0.1, -0.05) is 12.2 Å². The van der Waals surface area contributed by atoms with E-state index in [1.807, 2.05) is 12.2 Å². The van der Waals surface area contributed by atoms with Crippen LogP contribution in [0.4, 0.5) is 0 Å². The number of carbonyl (C=O) groups excluding carboxylic acids is 3. The van der Waals surface area contributed by atoms with Gasteiger partial charge in [0.2, 0.25) is 5.91 Å². The topological polar surface area (TPSA) is 93.9 Å². The Morgan fingerprint density at radius 3 is 2.24 bits per heavy atom. The van der Waals surface area contributed by atoms with Gasteiger partial charge >= 0.3 is 0 Å². The van der Waals surface area contributed by atoms with Crippen molar-refractivity contribution in [3.8, 4) is 0 Å². The Morgan fingerprint density at radius 2 is 1.64 bits per heavy atom. The molecule has 132 valence electrons. The lowest BCUT2D eigenvalue weighted by Crippen LogP contribution is -2.54. The summed E-state index contributed by atoms with van der Waals surface area (Å²) in [5.41, 5.74) is 0. The fourth-order valence-electron chi connectivity index (χ4n) is 4.38. The molecule has 4 rings (SSSR count). The fraction of sp³-hybridized carbons (Fsp3) is 0.500. The van der Waals surface area contributed by atoms with Crippen LogP contribution in [0.3, 0.4) is 0 Å². The first kappa shape index (κ1) is 15.9. The van der Waals surface area contributed by atoms with Crippen molar-refractivity contribution in [1.29, 1.82) is 0 Å². The first-order chi connectivity index (χ1) is 12.1. The van der Waals surface area contributed by atoms with E-state index in [2.05, 4.69) is 0 Å². The maximum atomic E-state index is 12.9. The molecule has 2 aliphatic carbocycles. The predicted octanol–water partition coefficient (Wildman–Crippen LogP) is -0.248. The summed E-state index contributed by atoms with van der Waals surface area (Å²) in [6.07, 6.45) is 6.03. The number of piperazine rings is 1. The van der Waals surface area contributed by atoms with Gasteiger partial charge in [-0.25, -0.2) is 0 Å². The molecule has 2 amide bonds. The van der Waals surface area contributed by atoms with E-state index in [9.17, 15) is 19.5 Å². The van der Waals surface area contributed by atoms with Crippen molar-refractivity contribution in [2.24, 2.45) is 23.7 Å². The summed E-state index contributed by atoms with van der Waals surface area (Å²) < 4.78 is 5.13. The number of carboxylic acid groups (broad SMARTS) is 1. The first-order valence-electron chi connectivity index (χ1n) is 8.57. The Bertz CT molecular complexity index is 718. The predicted molar refractivity (Wildman–Crippen MR) is 83.9 cm³/mol. The van der Waals surface area contributed by atoms with Crippen molar-refractivity contribution in [2.75, 3.05) is 26.2 Å². The van der Waals surface area contributed by atoms with E-state index in [1.54, 1.807) is 21.9 Å². The minimum atomic E-state index is -1.14. The largest absolute Gasteiger partial charge is 0.550 e. The molecular formula is C18H19N2O5-. The molecule has 7 nitrogen and oxygen atoms in total. The molecule has 1 aromatic rings. The summed E-state index contributed by atoms with van der Waals surface area (Å²) >= 11 is 0. The second kappa shape index (κ2) is 6.06. The number of hydrogen-bond acceptors (Lipinski definition) is 5. The van der Waals surface area contributed by atoms with E-state index in [0.717, 1.165) is 0 Å². The standard InChI is InChI=1S/C18H20N2O5/c21-16(13-2-1-9-25-13)19-5-7-20(8-6-19)17(22)14-11-3-4-12(10-11)15(14)18(23)24/h1-4,9,11-12,14-15H,5-8,10H2,(H,23,24)/p-1/t11-,12+,14-,15+/m1/s1. The van der Waals surface area contributed by atoms with E-state index < -0.39 is 17.8 Å². The van der Waals surface area contributed by atoms with Gasteiger partial charge in [-0.15, -0.1) is 0 Å². The third-order valence-corrected chi connectivity index (χ3v) is 5.63. The van der Waals surface area contributed by atoms with Crippen LogP contribution in [0.5, 0.6) is 0 Å². The zero-order chi connectivity index (χ0) is 17.6. The lowest BCUT2D eigenvalue weighted by molar-refractivity contribution is -0.313. The Balaban J connectivity index is 1.41. The molecule has 0 unspecified atom stereocenters. The van der Waals surface area contributed by atoms with E-state index in [4.69, 9.17) is 4.42 Å². The molecular weight excluding hydrogens is 324 g/mol. The average Bonchev–Trinajstić information content (AvgIpc) is 3.36. The minimum absolute atomic E-state index is 0.0109. The maximum absolute atomic E-state index is 12.9. The van der Waals surface area contributed by atoms with Crippen molar-refractivity contribution in [2.45, 2.75) is 6.42 Å². The number of aliphatic carboxylic acids is 1. The van der Waals surface area contributed by atoms with Gasteiger partial charge in [0.1, 0.15) is 0 Å². The number of amides is 2. The van der Waals surface area contributed by atoms with Crippen molar-refractivity contribution >= 4 is 17.8 Å². The smallest absolute Gasteiger partial charge is 0.289 e. The van der Waals surface area contributed by atoms with E-state index in [-0.39, 0.29) is 29.4 Å². The van der Waals surface area contributed by atoms with E-state index in [1.165, 1.54) is 6.26 Å². The van der Waals surface area contributed by atoms with Gasteiger partial charge in [-0.05, 0) is 30.4 Å². The van der Waals surface area contributed by atoms with E-state index in [0.29, 0.717) is 32.6 Å². The normalized spacial score (nSPS) is 30.7. The molecule has 4 atom stereocenters. The number of furan rings is 1. The van der Waals surface area contributed by atoms with Gasteiger partial charge < -0.3 is 24.1 Å². The lowest BCUT2D eigenvalue weighted by atomic mass is 9.82. The second-order valence-electron chi connectivity index (χ2n) is 6.91. The third-order valence-electron chi connectivity index (χ3n) is 5.63. The SMILES string of the molecule is O=C([O-])[C@@H]1[C@H](C(=O)N2CCN(C(=O)c3ccco3)CC2)[C@@H]2C=C[C@H]1C2. The highest BCUT2D eigenvalue weighted by Gasteiger charge is 2.50. The molecule has 7 heteroatoms. The number of hydrogen-bond donors (Lipinski definition) is 0. The molecule has 1 aromatic heterocycles.